The maximum absolute atomic E-state index is 10.7. The number of pyridine rings is 1. The molecule has 0 saturated heterocycles. The number of ether oxygens (including phenoxy) is 1. The standard InChI is InChI=1S/C18H11Cl2N3O3S/c1-26-15-6-13(11(19)5-12(15)20)23-17-9(7-21)8-22-14-4-10(27-18(14)17)2-3-16(24)25/h2-6,8H,1H3,(H,22,23)(H,24,25). The first-order valence-corrected chi connectivity index (χ1v) is 9.04. The highest BCUT2D eigenvalue weighted by Crippen LogP contribution is 2.39. The Morgan fingerprint density at radius 3 is 2.81 bits per heavy atom. The van der Waals surface area contributed by atoms with Gasteiger partial charge in [-0.2, -0.15) is 5.26 Å². The fourth-order valence-corrected chi connectivity index (χ4v) is 3.89. The van der Waals surface area contributed by atoms with Crippen LogP contribution in [0.5, 0.6) is 5.75 Å². The number of carboxylic acids is 1. The second-order valence-electron chi connectivity index (χ2n) is 5.28. The predicted molar refractivity (Wildman–Crippen MR) is 107 cm³/mol. The Hall–Kier alpha value is -2.79. The summed E-state index contributed by atoms with van der Waals surface area (Å²) in [6, 6.07) is 7.02. The number of thiophene rings is 1. The van der Waals surface area contributed by atoms with Gasteiger partial charge in [-0.25, -0.2) is 4.79 Å². The number of nitriles is 1. The number of methoxy groups -OCH3 is 1. The van der Waals surface area contributed by atoms with Gasteiger partial charge in [-0.05, 0) is 18.2 Å². The zero-order chi connectivity index (χ0) is 19.6. The van der Waals surface area contributed by atoms with Gasteiger partial charge in [-0.15, -0.1) is 11.3 Å². The van der Waals surface area contributed by atoms with E-state index in [9.17, 15) is 10.1 Å². The van der Waals surface area contributed by atoms with Crippen molar-refractivity contribution in [2.24, 2.45) is 0 Å². The quantitative estimate of drug-likeness (QED) is 0.542. The van der Waals surface area contributed by atoms with Crippen LogP contribution in [0.15, 0.2) is 30.5 Å². The first kappa shape index (κ1) is 19.0. The van der Waals surface area contributed by atoms with Crippen molar-refractivity contribution in [2.45, 2.75) is 0 Å². The Morgan fingerprint density at radius 2 is 2.15 bits per heavy atom. The smallest absolute Gasteiger partial charge is 0.328 e. The molecule has 3 aromatic rings. The van der Waals surface area contributed by atoms with Crippen LogP contribution in [0.2, 0.25) is 10.0 Å². The first-order valence-electron chi connectivity index (χ1n) is 7.46. The maximum Gasteiger partial charge on any atom is 0.328 e. The Balaban J connectivity index is 2.13. The lowest BCUT2D eigenvalue weighted by atomic mass is 10.2. The van der Waals surface area contributed by atoms with Gasteiger partial charge in [-0.1, -0.05) is 23.2 Å². The van der Waals surface area contributed by atoms with Gasteiger partial charge in [0.2, 0.25) is 0 Å². The molecule has 0 radical (unpaired) electrons. The Morgan fingerprint density at radius 1 is 1.37 bits per heavy atom. The van der Waals surface area contributed by atoms with E-state index in [-0.39, 0.29) is 0 Å². The average molecular weight is 420 g/mol. The summed E-state index contributed by atoms with van der Waals surface area (Å²) in [4.78, 5) is 15.7. The summed E-state index contributed by atoms with van der Waals surface area (Å²) in [5, 5.41) is 22.1. The largest absolute Gasteiger partial charge is 0.495 e. The minimum atomic E-state index is -1.04. The number of carbonyl (C=O) groups is 1. The number of aliphatic carboxylic acids is 1. The highest BCUT2D eigenvalue weighted by molar-refractivity contribution is 7.20. The monoisotopic (exact) mass is 419 g/mol. The molecular weight excluding hydrogens is 409 g/mol. The molecule has 0 fully saturated rings. The van der Waals surface area contributed by atoms with Crippen molar-refractivity contribution in [2.75, 3.05) is 12.4 Å². The third kappa shape index (κ3) is 3.98. The van der Waals surface area contributed by atoms with Crippen LogP contribution in [0, 0.1) is 11.3 Å². The third-order valence-corrected chi connectivity index (χ3v) is 5.29. The number of anilines is 2. The molecule has 0 unspecified atom stereocenters. The van der Waals surface area contributed by atoms with Gasteiger partial charge in [0.1, 0.15) is 11.8 Å². The van der Waals surface area contributed by atoms with Crippen LogP contribution >= 0.6 is 34.5 Å². The third-order valence-electron chi connectivity index (χ3n) is 3.57. The van der Waals surface area contributed by atoms with Crippen molar-refractivity contribution in [3.05, 3.63) is 51.0 Å². The molecule has 0 bridgehead atoms. The van der Waals surface area contributed by atoms with E-state index in [1.165, 1.54) is 30.7 Å². The van der Waals surface area contributed by atoms with Crippen molar-refractivity contribution in [1.29, 1.82) is 5.26 Å². The fourth-order valence-electron chi connectivity index (χ4n) is 2.36. The molecule has 6 nitrogen and oxygen atoms in total. The van der Waals surface area contributed by atoms with Crippen molar-refractivity contribution < 1.29 is 14.6 Å². The summed E-state index contributed by atoms with van der Waals surface area (Å²) >= 11 is 13.6. The van der Waals surface area contributed by atoms with Crippen molar-refractivity contribution in [3.63, 3.8) is 0 Å². The van der Waals surface area contributed by atoms with Gasteiger partial charge < -0.3 is 15.2 Å². The number of halogens is 2. The Bertz CT molecular complexity index is 1120. The molecule has 1 aromatic carbocycles. The lowest BCUT2D eigenvalue weighted by molar-refractivity contribution is -0.131. The maximum atomic E-state index is 10.7. The predicted octanol–water partition coefficient (Wildman–Crippen LogP) is 5.32. The summed E-state index contributed by atoms with van der Waals surface area (Å²) < 4.78 is 5.91. The van der Waals surface area contributed by atoms with Crippen LogP contribution in [0.4, 0.5) is 11.4 Å². The minimum absolute atomic E-state index is 0.322. The number of aromatic nitrogens is 1. The Kier molecular flexibility index (Phi) is 5.51. The molecule has 9 heteroatoms. The zero-order valence-corrected chi connectivity index (χ0v) is 16.1. The van der Waals surface area contributed by atoms with Crippen molar-refractivity contribution in [1.82, 2.24) is 4.98 Å². The molecule has 0 aliphatic rings. The average Bonchev–Trinajstić information content (AvgIpc) is 3.05. The van der Waals surface area contributed by atoms with Gasteiger partial charge in [0, 0.05) is 23.2 Å². The molecule has 0 spiro atoms. The minimum Gasteiger partial charge on any atom is -0.495 e. The molecule has 136 valence electrons. The van der Waals surface area contributed by atoms with E-state index >= 15 is 0 Å². The molecule has 0 amide bonds. The van der Waals surface area contributed by atoms with E-state index in [0.29, 0.717) is 47.8 Å². The van der Waals surface area contributed by atoms with Crippen LogP contribution in [0.1, 0.15) is 10.4 Å². The van der Waals surface area contributed by atoms with E-state index in [0.717, 1.165) is 6.08 Å². The molecule has 2 N–H and O–H groups in total. The zero-order valence-electron chi connectivity index (χ0n) is 13.8. The number of rotatable bonds is 5. The van der Waals surface area contributed by atoms with E-state index in [1.807, 2.05) is 0 Å². The van der Waals surface area contributed by atoms with Crippen LogP contribution in [-0.2, 0) is 4.79 Å². The second-order valence-corrected chi connectivity index (χ2v) is 7.18. The number of nitrogens with one attached hydrogen (secondary N) is 1. The lowest BCUT2D eigenvalue weighted by Gasteiger charge is -2.13. The first-order chi connectivity index (χ1) is 12.9. The van der Waals surface area contributed by atoms with Crippen LogP contribution in [0.3, 0.4) is 0 Å². The molecular formula is C18H11Cl2N3O3S. The van der Waals surface area contributed by atoms with E-state index in [4.69, 9.17) is 33.0 Å². The van der Waals surface area contributed by atoms with Gasteiger partial charge >= 0.3 is 5.97 Å². The number of fused-ring (bicyclic) bond motifs is 1. The van der Waals surface area contributed by atoms with Gasteiger partial charge in [0.05, 0.1) is 44.3 Å². The number of hydrogen-bond donors (Lipinski definition) is 2. The number of hydrogen-bond acceptors (Lipinski definition) is 6. The SMILES string of the molecule is COc1cc(Nc2c(C#N)cnc3cc(C=CC(=O)O)sc23)c(Cl)cc1Cl. The van der Waals surface area contributed by atoms with Crippen molar-refractivity contribution >= 4 is 68.2 Å². The second kappa shape index (κ2) is 7.84. The summed E-state index contributed by atoms with van der Waals surface area (Å²) in [7, 11) is 1.49. The number of carboxylic acid groups (broad SMARTS) is 1. The van der Waals surface area contributed by atoms with Crippen LogP contribution in [0.25, 0.3) is 16.3 Å². The molecule has 0 saturated carbocycles. The van der Waals surface area contributed by atoms with Crippen molar-refractivity contribution in [3.8, 4) is 11.8 Å². The van der Waals surface area contributed by atoms with Gasteiger partial charge in [0.15, 0.2) is 0 Å². The van der Waals surface area contributed by atoms with Crippen LogP contribution < -0.4 is 10.1 Å². The molecule has 27 heavy (non-hydrogen) atoms. The highest BCUT2D eigenvalue weighted by atomic mass is 35.5. The molecule has 2 heterocycles. The highest BCUT2D eigenvalue weighted by Gasteiger charge is 2.15. The van der Waals surface area contributed by atoms with Crippen LogP contribution in [-0.4, -0.2) is 23.2 Å². The van der Waals surface area contributed by atoms with Gasteiger partial charge in [0.25, 0.3) is 0 Å². The summed E-state index contributed by atoms with van der Waals surface area (Å²) in [5.74, 6) is -0.611. The lowest BCUT2D eigenvalue weighted by Crippen LogP contribution is -1.97. The normalized spacial score (nSPS) is 10.9. The number of benzene rings is 1. The number of nitrogens with zero attached hydrogens (tertiary/aromatic N) is 2. The summed E-state index contributed by atoms with van der Waals surface area (Å²) in [5.41, 5.74) is 1.98. The van der Waals surface area contributed by atoms with E-state index in [1.54, 1.807) is 18.2 Å². The molecule has 0 atom stereocenters. The molecule has 3 rings (SSSR count). The van der Waals surface area contributed by atoms with Gasteiger partial charge in [-0.3, -0.25) is 4.98 Å². The van der Waals surface area contributed by atoms with E-state index < -0.39 is 5.97 Å². The topological polar surface area (TPSA) is 95.2 Å². The summed E-state index contributed by atoms with van der Waals surface area (Å²) in [6.45, 7) is 0. The van der Waals surface area contributed by atoms with E-state index in [2.05, 4.69) is 16.4 Å². The summed E-state index contributed by atoms with van der Waals surface area (Å²) in [6.07, 6.45) is 3.97. The fraction of sp³-hybridized carbons (Fsp3) is 0.0556. The molecule has 2 aromatic heterocycles. The Labute approximate surface area is 168 Å². The molecule has 0 aliphatic carbocycles. The molecule has 0 aliphatic heterocycles.